The topological polar surface area (TPSA) is 55.8 Å². The van der Waals surface area contributed by atoms with Crippen LogP contribution in [0, 0.1) is 5.82 Å². The summed E-state index contributed by atoms with van der Waals surface area (Å²) >= 11 is 6.77. The Bertz CT molecular complexity index is 1230. The Morgan fingerprint density at radius 1 is 1.00 bits per heavy atom. The summed E-state index contributed by atoms with van der Waals surface area (Å²) in [5.74, 6) is 0.243. The minimum absolute atomic E-state index is 0.178. The largest absolute Gasteiger partial charge is 0.490 e. The molecule has 5 nitrogen and oxygen atoms in total. The van der Waals surface area contributed by atoms with Crippen LogP contribution in [0.25, 0.3) is 6.08 Å². The first-order valence-electron chi connectivity index (χ1n) is 10.1. The number of nitrogens with zero attached hydrogens (tertiary/aromatic N) is 1. The summed E-state index contributed by atoms with van der Waals surface area (Å²) in [5, 5.41) is 0.137. The van der Waals surface area contributed by atoms with Gasteiger partial charge in [0, 0.05) is 5.02 Å². The maximum absolute atomic E-state index is 13.4. The minimum Gasteiger partial charge on any atom is -0.490 e. The average Bonchev–Trinajstić information content (AvgIpc) is 3.07. The van der Waals surface area contributed by atoms with Crippen molar-refractivity contribution in [1.29, 1.82) is 0 Å². The fraction of sp³-hybridized carbons (Fsp3) is 0.120. The molecule has 1 aliphatic rings. The molecule has 168 valence electrons. The molecule has 0 aliphatic carbocycles. The van der Waals surface area contributed by atoms with Crippen LogP contribution in [0.2, 0.25) is 5.02 Å². The second-order valence-corrected chi connectivity index (χ2v) is 8.48. The summed E-state index contributed by atoms with van der Waals surface area (Å²) in [5.41, 5.74) is 1.83. The zero-order valence-electron chi connectivity index (χ0n) is 17.6. The van der Waals surface area contributed by atoms with E-state index in [1.165, 1.54) is 12.1 Å². The molecule has 0 radical (unpaired) electrons. The molecule has 1 heterocycles. The van der Waals surface area contributed by atoms with Crippen LogP contribution in [0.4, 0.5) is 14.9 Å². The molecule has 1 fully saturated rings. The number of hydrogen-bond donors (Lipinski definition) is 0. The van der Waals surface area contributed by atoms with Gasteiger partial charge in [0.1, 0.15) is 12.4 Å². The lowest BCUT2D eigenvalue weighted by molar-refractivity contribution is -0.113. The molecule has 3 aromatic rings. The number of rotatable bonds is 7. The van der Waals surface area contributed by atoms with Crippen molar-refractivity contribution in [3.05, 3.63) is 93.6 Å². The van der Waals surface area contributed by atoms with Crippen LogP contribution in [0.15, 0.2) is 71.6 Å². The summed E-state index contributed by atoms with van der Waals surface area (Å²) in [4.78, 5) is 26.7. The van der Waals surface area contributed by atoms with Crippen molar-refractivity contribution in [2.75, 3.05) is 11.5 Å². The Hall–Kier alpha value is -3.29. The van der Waals surface area contributed by atoms with Crippen molar-refractivity contribution in [3.8, 4) is 11.5 Å². The van der Waals surface area contributed by atoms with E-state index in [1.54, 1.807) is 60.7 Å². The monoisotopic (exact) mass is 483 g/mol. The van der Waals surface area contributed by atoms with Crippen molar-refractivity contribution in [1.82, 2.24) is 0 Å². The van der Waals surface area contributed by atoms with Crippen molar-refractivity contribution >= 4 is 46.3 Å². The van der Waals surface area contributed by atoms with Crippen LogP contribution in [-0.4, -0.2) is 17.8 Å². The molecule has 0 saturated carbocycles. The first-order chi connectivity index (χ1) is 15.9. The standard InChI is InChI=1S/C25H19ClFNO4S/c1-2-31-22-13-16(6-11-21(22)32-15-17-4-3-5-19(27)12-17)14-23-24(29)28(25(30)33-23)20-9-7-18(26)8-10-20/h3-14H,2,15H2,1H3/b23-14-. The number of ether oxygens (including phenoxy) is 2. The van der Waals surface area contributed by atoms with Gasteiger partial charge < -0.3 is 9.47 Å². The fourth-order valence-electron chi connectivity index (χ4n) is 3.22. The predicted octanol–water partition coefficient (Wildman–Crippen LogP) is 6.70. The lowest BCUT2D eigenvalue weighted by Crippen LogP contribution is -2.27. The van der Waals surface area contributed by atoms with Gasteiger partial charge in [-0.25, -0.2) is 9.29 Å². The van der Waals surface area contributed by atoms with E-state index in [0.717, 1.165) is 16.7 Å². The van der Waals surface area contributed by atoms with E-state index in [4.69, 9.17) is 21.1 Å². The van der Waals surface area contributed by atoms with Gasteiger partial charge in [-0.05, 0) is 84.4 Å². The van der Waals surface area contributed by atoms with Gasteiger partial charge in [0.2, 0.25) is 0 Å². The van der Waals surface area contributed by atoms with Gasteiger partial charge in [-0.1, -0.05) is 29.8 Å². The van der Waals surface area contributed by atoms with Crippen molar-refractivity contribution < 1.29 is 23.5 Å². The number of benzene rings is 3. The smallest absolute Gasteiger partial charge is 0.298 e. The van der Waals surface area contributed by atoms with Crippen molar-refractivity contribution in [3.63, 3.8) is 0 Å². The van der Waals surface area contributed by atoms with Crippen LogP contribution in [0.3, 0.4) is 0 Å². The Morgan fingerprint density at radius 2 is 1.79 bits per heavy atom. The van der Waals surface area contributed by atoms with Crippen LogP contribution < -0.4 is 14.4 Å². The van der Waals surface area contributed by atoms with E-state index in [0.29, 0.717) is 44.8 Å². The molecule has 3 aromatic carbocycles. The van der Waals surface area contributed by atoms with E-state index in [-0.39, 0.29) is 17.7 Å². The Morgan fingerprint density at radius 3 is 2.52 bits per heavy atom. The Labute approximate surface area is 199 Å². The quantitative estimate of drug-likeness (QED) is 0.350. The van der Waals surface area contributed by atoms with E-state index in [1.807, 2.05) is 6.92 Å². The van der Waals surface area contributed by atoms with Gasteiger partial charge in [-0.2, -0.15) is 0 Å². The van der Waals surface area contributed by atoms with Crippen molar-refractivity contribution in [2.45, 2.75) is 13.5 Å². The molecule has 2 amide bonds. The number of hydrogen-bond acceptors (Lipinski definition) is 5. The molecule has 1 aliphatic heterocycles. The molecule has 0 N–H and O–H groups in total. The van der Waals surface area contributed by atoms with Gasteiger partial charge in [-0.15, -0.1) is 0 Å². The zero-order valence-corrected chi connectivity index (χ0v) is 19.2. The number of imide groups is 1. The lowest BCUT2D eigenvalue weighted by Gasteiger charge is -2.13. The highest BCUT2D eigenvalue weighted by molar-refractivity contribution is 8.19. The SMILES string of the molecule is CCOc1cc(/C=C2\SC(=O)N(c3ccc(Cl)cc3)C2=O)ccc1OCc1cccc(F)c1. The first-order valence-corrected chi connectivity index (χ1v) is 11.3. The summed E-state index contributed by atoms with van der Waals surface area (Å²) in [7, 11) is 0. The van der Waals surface area contributed by atoms with E-state index in [9.17, 15) is 14.0 Å². The highest BCUT2D eigenvalue weighted by atomic mass is 35.5. The number of halogens is 2. The highest BCUT2D eigenvalue weighted by Gasteiger charge is 2.36. The third-order valence-electron chi connectivity index (χ3n) is 4.73. The third-order valence-corrected chi connectivity index (χ3v) is 5.85. The second-order valence-electron chi connectivity index (χ2n) is 7.05. The molecule has 0 bridgehead atoms. The molecule has 4 rings (SSSR count). The Kier molecular flexibility index (Phi) is 7.01. The summed E-state index contributed by atoms with van der Waals surface area (Å²) in [6, 6.07) is 17.9. The normalized spacial score (nSPS) is 14.8. The Balaban J connectivity index is 1.55. The number of carbonyl (C=O) groups excluding carboxylic acids is 2. The molecule has 0 atom stereocenters. The minimum atomic E-state index is -0.406. The predicted molar refractivity (Wildman–Crippen MR) is 128 cm³/mol. The molecule has 1 saturated heterocycles. The molecule has 33 heavy (non-hydrogen) atoms. The highest BCUT2D eigenvalue weighted by Crippen LogP contribution is 2.37. The third kappa shape index (κ3) is 5.38. The number of carbonyl (C=O) groups is 2. The maximum atomic E-state index is 13.4. The van der Waals surface area contributed by atoms with Crippen molar-refractivity contribution in [2.24, 2.45) is 0 Å². The van der Waals surface area contributed by atoms with Gasteiger partial charge in [0.25, 0.3) is 11.1 Å². The first kappa shape index (κ1) is 22.9. The van der Waals surface area contributed by atoms with Crippen LogP contribution >= 0.6 is 23.4 Å². The number of anilines is 1. The summed E-state index contributed by atoms with van der Waals surface area (Å²) in [6.07, 6.45) is 1.64. The molecule has 0 unspecified atom stereocenters. The number of thioether (sulfide) groups is 1. The summed E-state index contributed by atoms with van der Waals surface area (Å²) in [6.45, 7) is 2.44. The van der Waals surface area contributed by atoms with Gasteiger partial charge in [0.15, 0.2) is 11.5 Å². The zero-order chi connectivity index (χ0) is 23.4. The number of amides is 2. The maximum Gasteiger partial charge on any atom is 0.298 e. The van der Waals surface area contributed by atoms with Gasteiger partial charge in [0.05, 0.1) is 17.2 Å². The summed E-state index contributed by atoms with van der Waals surface area (Å²) < 4.78 is 24.9. The van der Waals surface area contributed by atoms with Crippen LogP contribution in [-0.2, 0) is 11.4 Å². The fourth-order valence-corrected chi connectivity index (χ4v) is 4.19. The van der Waals surface area contributed by atoms with Crippen LogP contribution in [0.1, 0.15) is 18.1 Å². The molecular formula is C25H19ClFNO4S. The molecular weight excluding hydrogens is 465 g/mol. The van der Waals surface area contributed by atoms with E-state index < -0.39 is 5.91 Å². The average molecular weight is 484 g/mol. The van der Waals surface area contributed by atoms with E-state index >= 15 is 0 Å². The van der Waals surface area contributed by atoms with Gasteiger partial charge in [-0.3, -0.25) is 9.59 Å². The van der Waals surface area contributed by atoms with E-state index in [2.05, 4.69) is 0 Å². The molecule has 0 aromatic heterocycles. The lowest BCUT2D eigenvalue weighted by atomic mass is 10.1. The molecule has 0 spiro atoms. The van der Waals surface area contributed by atoms with Crippen LogP contribution in [0.5, 0.6) is 11.5 Å². The molecule has 8 heteroatoms. The van der Waals surface area contributed by atoms with Gasteiger partial charge >= 0.3 is 0 Å². The second kappa shape index (κ2) is 10.1.